The van der Waals surface area contributed by atoms with Gasteiger partial charge in [-0.2, -0.15) is 0 Å². The Morgan fingerprint density at radius 1 is 1.23 bits per heavy atom. The summed E-state index contributed by atoms with van der Waals surface area (Å²) >= 11 is 0. The third-order valence-corrected chi connectivity index (χ3v) is 5.17. The molecule has 3 N–H and O–H groups in total. The minimum absolute atomic E-state index is 0.0784. The van der Waals surface area contributed by atoms with E-state index in [0.717, 1.165) is 35.4 Å². The highest BCUT2D eigenvalue weighted by atomic mass is 19.1. The average molecular weight is 357 g/mol. The number of ether oxygens (including phenoxy) is 1. The molecule has 1 fully saturated rings. The maximum Gasteiger partial charge on any atom is 0.254 e. The number of phenols is 1. The SMILES string of the molecule is O=C(N[C@H](c1ccc2c(c1)CCO2)C1CC(O)C1)c1cc(O)ccc1F. The van der Waals surface area contributed by atoms with E-state index in [4.69, 9.17) is 4.74 Å². The van der Waals surface area contributed by atoms with Gasteiger partial charge in [-0.15, -0.1) is 0 Å². The van der Waals surface area contributed by atoms with Crippen molar-refractivity contribution in [3.05, 3.63) is 58.9 Å². The summed E-state index contributed by atoms with van der Waals surface area (Å²) in [6.45, 7) is 0.645. The normalized spacial score (nSPS) is 22.1. The molecule has 1 saturated carbocycles. The number of halogens is 1. The van der Waals surface area contributed by atoms with Crippen molar-refractivity contribution < 1.29 is 24.1 Å². The van der Waals surface area contributed by atoms with E-state index < -0.39 is 11.7 Å². The lowest BCUT2D eigenvalue weighted by Gasteiger charge is -2.38. The molecule has 26 heavy (non-hydrogen) atoms. The van der Waals surface area contributed by atoms with Crippen LogP contribution in [0.25, 0.3) is 0 Å². The Kier molecular flexibility index (Phi) is 4.28. The minimum atomic E-state index is -0.685. The van der Waals surface area contributed by atoms with Crippen LogP contribution in [0.5, 0.6) is 11.5 Å². The molecular weight excluding hydrogens is 337 g/mol. The van der Waals surface area contributed by atoms with E-state index in [1.54, 1.807) is 0 Å². The molecule has 0 spiro atoms. The zero-order valence-corrected chi connectivity index (χ0v) is 14.1. The summed E-state index contributed by atoms with van der Waals surface area (Å²) in [4.78, 5) is 12.6. The summed E-state index contributed by atoms with van der Waals surface area (Å²) in [5.41, 5.74) is 1.81. The summed E-state index contributed by atoms with van der Waals surface area (Å²) in [7, 11) is 0. The number of fused-ring (bicyclic) bond motifs is 1. The molecule has 1 aliphatic heterocycles. The Balaban J connectivity index is 1.61. The van der Waals surface area contributed by atoms with Crippen LogP contribution >= 0.6 is 0 Å². The molecule has 2 aromatic rings. The second-order valence-corrected chi connectivity index (χ2v) is 6.97. The van der Waals surface area contributed by atoms with Crippen molar-refractivity contribution in [2.45, 2.75) is 31.4 Å². The fraction of sp³-hybridized carbons (Fsp3) is 0.350. The van der Waals surface area contributed by atoms with Gasteiger partial charge in [-0.1, -0.05) is 6.07 Å². The van der Waals surface area contributed by atoms with Crippen molar-refractivity contribution in [3.63, 3.8) is 0 Å². The van der Waals surface area contributed by atoms with Crippen molar-refractivity contribution in [2.75, 3.05) is 6.61 Å². The van der Waals surface area contributed by atoms with Crippen molar-refractivity contribution in [3.8, 4) is 11.5 Å². The van der Waals surface area contributed by atoms with Crippen LogP contribution in [0.4, 0.5) is 4.39 Å². The van der Waals surface area contributed by atoms with E-state index in [-0.39, 0.29) is 29.4 Å². The number of aliphatic hydroxyl groups excluding tert-OH is 1. The number of hydrogen-bond donors (Lipinski definition) is 3. The van der Waals surface area contributed by atoms with E-state index >= 15 is 0 Å². The number of phenolic OH excluding ortho intramolecular Hbond substituents is 1. The molecular formula is C20H20FNO4. The van der Waals surface area contributed by atoms with Crippen LogP contribution in [0.1, 0.15) is 40.4 Å². The highest BCUT2D eigenvalue weighted by molar-refractivity contribution is 5.95. The van der Waals surface area contributed by atoms with Gasteiger partial charge in [-0.05, 0) is 60.2 Å². The van der Waals surface area contributed by atoms with Crippen molar-refractivity contribution >= 4 is 5.91 Å². The number of benzene rings is 2. The maximum atomic E-state index is 14.0. The van der Waals surface area contributed by atoms with Gasteiger partial charge in [-0.25, -0.2) is 4.39 Å². The van der Waals surface area contributed by atoms with Gasteiger partial charge in [0.25, 0.3) is 5.91 Å². The van der Waals surface area contributed by atoms with E-state index in [1.807, 2.05) is 18.2 Å². The molecule has 5 nitrogen and oxygen atoms in total. The van der Waals surface area contributed by atoms with Gasteiger partial charge in [0, 0.05) is 6.42 Å². The van der Waals surface area contributed by atoms with Crippen LogP contribution < -0.4 is 10.1 Å². The Labute approximate surface area is 150 Å². The van der Waals surface area contributed by atoms with Crippen molar-refractivity contribution in [1.82, 2.24) is 5.32 Å². The number of carbonyl (C=O) groups excluding carboxylic acids is 1. The predicted octanol–water partition coefficient (Wildman–Crippen LogP) is 2.71. The molecule has 2 aliphatic rings. The lowest BCUT2D eigenvalue weighted by atomic mass is 9.74. The average Bonchev–Trinajstić information content (AvgIpc) is 3.06. The first kappa shape index (κ1) is 16.8. The molecule has 6 heteroatoms. The van der Waals surface area contributed by atoms with E-state index in [2.05, 4.69) is 5.32 Å². The van der Waals surface area contributed by atoms with Crippen LogP contribution in [-0.2, 0) is 6.42 Å². The number of aliphatic hydroxyl groups is 1. The predicted molar refractivity (Wildman–Crippen MR) is 92.6 cm³/mol. The molecule has 2 aromatic carbocycles. The standard InChI is InChI=1S/C20H20FNO4/c21-17-3-2-14(23)10-16(17)20(25)22-19(13-8-15(24)9-13)12-1-4-18-11(7-12)5-6-26-18/h1-4,7,10,13,15,19,23-24H,5-6,8-9H2,(H,22,25)/t13?,15?,19-/m1/s1. The minimum Gasteiger partial charge on any atom is -0.508 e. The molecule has 0 radical (unpaired) electrons. The summed E-state index contributed by atoms with van der Waals surface area (Å²) < 4.78 is 19.5. The zero-order chi connectivity index (χ0) is 18.3. The van der Waals surface area contributed by atoms with Crippen LogP contribution in [0.2, 0.25) is 0 Å². The monoisotopic (exact) mass is 357 g/mol. The summed E-state index contributed by atoms with van der Waals surface area (Å²) in [6, 6.07) is 8.86. The fourth-order valence-electron chi connectivity index (χ4n) is 3.68. The van der Waals surface area contributed by atoms with Gasteiger partial charge < -0.3 is 20.3 Å². The molecule has 136 valence electrons. The Bertz CT molecular complexity index is 848. The first-order chi connectivity index (χ1) is 12.5. The molecule has 0 bridgehead atoms. The molecule has 1 atom stereocenters. The number of carbonyl (C=O) groups is 1. The van der Waals surface area contributed by atoms with Crippen LogP contribution in [0.15, 0.2) is 36.4 Å². The highest BCUT2D eigenvalue weighted by Crippen LogP contribution is 2.40. The van der Waals surface area contributed by atoms with Crippen LogP contribution in [-0.4, -0.2) is 28.8 Å². The first-order valence-electron chi connectivity index (χ1n) is 8.74. The number of nitrogens with one attached hydrogen (secondary N) is 1. The summed E-state index contributed by atoms with van der Waals surface area (Å²) in [5, 5.41) is 22.1. The number of aromatic hydroxyl groups is 1. The van der Waals surface area contributed by atoms with Gasteiger partial charge in [0.2, 0.25) is 0 Å². The third-order valence-electron chi connectivity index (χ3n) is 5.17. The van der Waals surface area contributed by atoms with E-state index in [9.17, 15) is 19.4 Å². The van der Waals surface area contributed by atoms with Gasteiger partial charge in [-0.3, -0.25) is 4.79 Å². The van der Waals surface area contributed by atoms with Crippen LogP contribution in [0.3, 0.4) is 0 Å². The first-order valence-corrected chi connectivity index (χ1v) is 8.74. The van der Waals surface area contributed by atoms with Gasteiger partial charge in [0.1, 0.15) is 17.3 Å². The van der Waals surface area contributed by atoms with Gasteiger partial charge in [0.05, 0.1) is 24.3 Å². The molecule has 1 amide bonds. The molecule has 4 rings (SSSR count). The molecule has 0 aromatic heterocycles. The van der Waals surface area contributed by atoms with Crippen molar-refractivity contribution in [1.29, 1.82) is 0 Å². The summed E-state index contributed by atoms with van der Waals surface area (Å²) in [5.74, 6) is -0.500. The lowest BCUT2D eigenvalue weighted by molar-refractivity contribution is 0.0234. The topological polar surface area (TPSA) is 78.8 Å². The quantitative estimate of drug-likeness (QED) is 0.786. The smallest absolute Gasteiger partial charge is 0.254 e. The maximum absolute atomic E-state index is 14.0. The largest absolute Gasteiger partial charge is 0.508 e. The van der Waals surface area contributed by atoms with Gasteiger partial charge >= 0.3 is 0 Å². The second kappa shape index (κ2) is 6.61. The van der Waals surface area contributed by atoms with E-state index in [0.29, 0.717) is 19.4 Å². The lowest BCUT2D eigenvalue weighted by Crippen LogP contribution is -2.41. The van der Waals surface area contributed by atoms with Crippen molar-refractivity contribution in [2.24, 2.45) is 5.92 Å². The molecule has 0 unspecified atom stereocenters. The zero-order valence-electron chi connectivity index (χ0n) is 14.1. The molecule has 0 saturated heterocycles. The van der Waals surface area contributed by atoms with Gasteiger partial charge in [0.15, 0.2) is 0 Å². The number of amides is 1. The molecule has 1 aliphatic carbocycles. The highest BCUT2D eigenvalue weighted by Gasteiger charge is 2.36. The Morgan fingerprint density at radius 3 is 2.81 bits per heavy atom. The Hall–Kier alpha value is -2.60. The number of rotatable bonds is 4. The molecule has 1 heterocycles. The Morgan fingerprint density at radius 2 is 2.04 bits per heavy atom. The third kappa shape index (κ3) is 3.12. The number of hydrogen-bond acceptors (Lipinski definition) is 4. The second-order valence-electron chi connectivity index (χ2n) is 6.97. The van der Waals surface area contributed by atoms with Crippen LogP contribution in [0, 0.1) is 11.7 Å². The fourth-order valence-corrected chi connectivity index (χ4v) is 3.68. The summed E-state index contributed by atoms with van der Waals surface area (Å²) in [6.07, 6.45) is 1.62. The van der Waals surface area contributed by atoms with E-state index in [1.165, 1.54) is 6.07 Å².